The van der Waals surface area contributed by atoms with Crippen molar-refractivity contribution in [3.05, 3.63) is 10.9 Å². The van der Waals surface area contributed by atoms with Gasteiger partial charge in [0, 0.05) is 18.5 Å². The Morgan fingerprint density at radius 2 is 2.00 bits per heavy atom. The summed E-state index contributed by atoms with van der Waals surface area (Å²) in [5.41, 5.74) is 0. The molecule has 0 saturated heterocycles. The van der Waals surface area contributed by atoms with Crippen LogP contribution < -0.4 is 10.2 Å². The minimum atomic E-state index is -4.27. The van der Waals surface area contributed by atoms with Crippen LogP contribution in [-0.2, 0) is 6.42 Å². The summed E-state index contributed by atoms with van der Waals surface area (Å²) in [5.74, 6) is 0.669. The van der Waals surface area contributed by atoms with Crippen molar-refractivity contribution < 1.29 is 13.2 Å². The number of thiophene rings is 1. The molecule has 2 heterocycles. The Morgan fingerprint density at radius 1 is 1.29 bits per heavy atom. The molecule has 1 N–H and O–H groups in total. The van der Waals surface area contributed by atoms with Crippen molar-refractivity contribution in [2.75, 3.05) is 30.4 Å². The Balaban J connectivity index is 2.55. The Morgan fingerprint density at radius 3 is 2.52 bits per heavy atom. The number of alkyl halides is 3. The van der Waals surface area contributed by atoms with Gasteiger partial charge >= 0.3 is 6.18 Å². The standard InChI is InChI=1S/C13H17F3N4S/c1-4-8-6-9-10(20(5-2)7-13(14,15)16)18-12(17-3)19-11(9)21-8/h6H,4-5,7H2,1-3H3,(H,17,18,19). The highest BCUT2D eigenvalue weighted by molar-refractivity contribution is 7.18. The predicted molar refractivity (Wildman–Crippen MR) is 80.3 cm³/mol. The molecular formula is C13H17F3N4S. The number of anilines is 2. The van der Waals surface area contributed by atoms with Gasteiger partial charge in [-0.05, 0) is 19.4 Å². The van der Waals surface area contributed by atoms with E-state index in [0.29, 0.717) is 22.0 Å². The minimum Gasteiger partial charge on any atom is -0.357 e. The van der Waals surface area contributed by atoms with Crippen LogP contribution in [-0.4, -0.2) is 36.3 Å². The zero-order valence-corrected chi connectivity index (χ0v) is 12.9. The van der Waals surface area contributed by atoms with Gasteiger partial charge in [0.05, 0.1) is 5.39 Å². The second-order valence-electron chi connectivity index (χ2n) is 4.54. The van der Waals surface area contributed by atoms with Crippen molar-refractivity contribution in [3.8, 4) is 0 Å². The SMILES string of the molecule is CCc1cc2c(N(CC)CC(F)(F)F)nc(NC)nc2s1. The molecular weight excluding hydrogens is 301 g/mol. The second kappa shape index (κ2) is 6.05. The molecule has 21 heavy (non-hydrogen) atoms. The van der Waals surface area contributed by atoms with Gasteiger partial charge in [-0.3, -0.25) is 0 Å². The first-order chi connectivity index (χ1) is 9.87. The molecule has 0 spiro atoms. The summed E-state index contributed by atoms with van der Waals surface area (Å²) in [6.07, 6.45) is -3.45. The van der Waals surface area contributed by atoms with Crippen LogP contribution in [0, 0.1) is 0 Å². The molecule has 0 fully saturated rings. The maximum absolute atomic E-state index is 12.7. The van der Waals surface area contributed by atoms with Gasteiger partial charge < -0.3 is 10.2 Å². The lowest BCUT2D eigenvalue weighted by atomic mass is 10.3. The van der Waals surface area contributed by atoms with E-state index in [0.717, 1.165) is 11.3 Å². The quantitative estimate of drug-likeness (QED) is 0.913. The van der Waals surface area contributed by atoms with Gasteiger partial charge in [0.2, 0.25) is 5.95 Å². The van der Waals surface area contributed by atoms with Gasteiger partial charge in [-0.2, -0.15) is 18.2 Å². The van der Waals surface area contributed by atoms with Crippen molar-refractivity contribution in [2.24, 2.45) is 0 Å². The highest BCUT2D eigenvalue weighted by Crippen LogP contribution is 2.33. The fraction of sp³-hybridized carbons (Fsp3) is 0.538. The van der Waals surface area contributed by atoms with Crippen molar-refractivity contribution in [1.82, 2.24) is 9.97 Å². The summed E-state index contributed by atoms with van der Waals surface area (Å²) >= 11 is 1.49. The highest BCUT2D eigenvalue weighted by atomic mass is 32.1. The summed E-state index contributed by atoms with van der Waals surface area (Å²) < 4.78 is 38.2. The Labute approximate surface area is 125 Å². The van der Waals surface area contributed by atoms with E-state index in [1.807, 2.05) is 13.0 Å². The molecule has 116 valence electrons. The molecule has 0 radical (unpaired) electrons. The van der Waals surface area contributed by atoms with Gasteiger partial charge in [0.1, 0.15) is 17.2 Å². The van der Waals surface area contributed by atoms with Gasteiger partial charge in [-0.25, -0.2) is 4.98 Å². The molecule has 0 unspecified atom stereocenters. The van der Waals surface area contributed by atoms with Gasteiger partial charge in [-0.15, -0.1) is 11.3 Å². The van der Waals surface area contributed by atoms with Crippen LogP contribution in [0.2, 0.25) is 0 Å². The van der Waals surface area contributed by atoms with Gasteiger partial charge in [0.25, 0.3) is 0 Å². The van der Waals surface area contributed by atoms with Crippen molar-refractivity contribution in [1.29, 1.82) is 0 Å². The number of nitrogens with zero attached hydrogens (tertiary/aromatic N) is 3. The monoisotopic (exact) mass is 318 g/mol. The predicted octanol–water partition coefficient (Wildman–Crippen LogP) is 3.68. The zero-order valence-electron chi connectivity index (χ0n) is 12.1. The molecule has 2 aromatic rings. The molecule has 0 atom stereocenters. The van der Waals surface area contributed by atoms with E-state index in [1.165, 1.54) is 16.2 Å². The molecule has 0 aliphatic heterocycles. The smallest absolute Gasteiger partial charge is 0.357 e. The van der Waals surface area contributed by atoms with E-state index in [2.05, 4.69) is 15.3 Å². The van der Waals surface area contributed by atoms with E-state index in [4.69, 9.17) is 0 Å². The fourth-order valence-electron chi connectivity index (χ4n) is 2.04. The van der Waals surface area contributed by atoms with E-state index in [9.17, 15) is 13.2 Å². The van der Waals surface area contributed by atoms with E-state index in [1.54, 1.807) is 14.0 Å². The first-order valence-electron chi connectivity index (χ1n) is 6.67. The van der Waals surface area contributed by atoms with E-state index in [-0.39, 0.29) is 6.54 Å². The number of aromatic nitrogens is 2. The maximum atomic E-state index is 12.7. The summed E-state index contributed by atoms with van der Waals surface area (Å²) in [7, 11) is 1.65. The van der Waals surface area contributed by atoms with Gasteiger partial charge in [0.15, 0.2) is 0 Å². The van der Waals surface area contributed by atoms with E-state index < -0.39 is 12.7 Å². The summed E-state index contributed by atoms with van der Waals surface area (Å²) in [5, 5.41) is 3.49. The molecule has 8 heteroatoms. The number of hydrogen-bond donors (Lipinski definition) is 1. The molecule has 0 bridgehead atoms. The normalized spacial score (nSPS) is 11.9. The summed E-state index contributed by atoms with van der Waals surface area (Å²) in [4.78, 5) is 11.6. The van der Waals surface area contributed by atoms with Crippen LogP contribution in [0.4, 0.5) is 24.9 Å². The zero-order chi connectivity index (χ0) is 15.6. The molecule has 0 saturated carbocycles. The number of nitrogens with one attached hydrogen (secondary N) is 1. The Bertz CT molecular complexity index is 624. The van der Waals surface area contributed by atoms with Crippen LogP contribution >= 0.6 is 11.3 Å². The summed E-state index contributed by atoms with van der Waals surface area (Å²) in [6.45, 7) is 2.90. The summed E-state index contributed by atoms with van der Waals surface area (Å²) in [6, 6.07) is 1.88. The fourth-order valence-corrected chi connectivity index (χ4v) is 3.00. The number of fused-ring (bicyclic) bond motifs is 1. The number of hydrogen-bond acceptors (Lipinski definition) is 5. The van der Waals surface area contributed by atoms with E-state index >= 15 is 0 Å². The molecule has 0 amide bonds. The third-order valence-electron chi connectivity index (χ3n) is 3.05. The molecule has 2 aromatic heterocycles. The largest absolute Gasteiger partial charge is 0.405 e. The van der Waals surface area contributed by atoms with Crippen molar-refractivity contribution >= 4 is 33.3 Å². The Hall–Kier alpha value is -1.57. The number of rotatable bonds is 5. The lowest BCUT2D eigenvalue weighted by Gasteiger charge is -2.24. The minimum absolute atomic E-state index is 0.228. The molecule has 0 aromatic carbocycles. The van der Waals surface area contributed by atoms with Crippen LogP contribution in [0.15, 0.2) is 6.07 Å². The number of aryl methyl sites for hydroxylation is 1. The third kappa shape index (κ3) is 3.55. The first kappa shape index (κ1) is 15.8. The lowest BCUT2D eigenvalue weighted by molar-refractivity contribution is -0.119. The Kier molecular flexibility index (Phi) is 4.55. The van der Waals surface area contributed by atoms with Crippen LogP contribution in [0.1, 0.15) is 18.7 Å². The molecule has 0 aliphatic rings. The molecule has 4 nitrogen and oxygen atoms in total. The average molecular weight is 318 g/mol. The molecule has 0 aliphatic carbocycles. The molecule has 2 rings (SSSR count). The van der Waals surface area contributed by atoms with Crippen LogP contribution in [0.3, 0.4) is 0 Å². The third-order valence-corrected chi connectivity index (χ3v) is 4.22. The van der Waals surface area contributed by atoms with Gasteiger partial charge in [-0.1, -0.05) is 6.92 Å². The average Bonchev–Trinajstić information content (AvgIpc) is 2.85. The lowest BCUT2D eigenvalue weighted by Crippen LogP contribution is -2.34. The maximum Gasteiger partial charge on any atom is 0.405 e. The highest BCUT2D eigenvalue weighted by Gasteiger charge is 2.31. The van der Waals surface area contributed by atoms with Crippen LogP contribution in [0.25, 0.3) is 10.2 Å². The first-order valence-corrected chi connectivity index (χ1v) is 7.49. The van der Waals surface area contributed by atoms with Crippen molar-refractivity contribution in [2.45, 2.75) is 26.4 Å². The van der Waals surface area contributed by atoms with Crippen LogP contribution in [0.5, 0.6) is 0 Å². The topological polar surface area (TPSA) is 41.1 Å². The number of halogens is 3. The second-order valence-corrected chi connectivity index (χ2v) is 5.65. The van der Waals surface area contributed by atoms with Crippen molar-refractivity contribution in [3.63, 3.8) is 0 Å².